The summed E-state index contributed by atoms with van der Waals surface area (Å²) < 4.78 is 0. The Morgan fingerprint density at radius 3 is 3.00 bits per heavy atom. The summed E-state index contributed by atoms with van der Waals surface area (Å²) in [6.07, 6.45) is 0.738. The van der Waals surface area contributed by atoms with E-state index in [1.54, 1.807) is 19.9 Å². The molecule has 1 aromatic rings. The highest BCUT2D eigenvalue weighted by atomic mass is 16.4. The monoisotopic (exact) mass is 251 g/mol. The quantitative estimate of drug-likeness (QED) is 0.803. The average molecular weight is 251 g/mol. The van der Waals surface area contributed by atoms with Crippen molar-refractivity contribution in [3.63, 3.8) is 0 Å². The Hall–Kier alpha value is -1.69. The van der Waals surface area contributed by atoms with Crippen molar-refractivity contribution in [3.05, 3.63) is 27.7 Å². The van der Waals surface area contributed by atoms with Crippen LogP contribution in [0.25, 0.3) is 0 Å². The zero-order valence-corrected chi connectivity index (χ0v) is 10.6. The van der Waals surface area contributed by atoms with Crippen molar-refractivity contribution < 1.29 is 9.90 Å². The minimum Gasteiger partial charge on any atom is -0.481 e. The summed E-state index contributed by atoms with van der Waals surface area (Å²) in [7, 11) is 0. The lowest BCUT2D eigenvalue weighted by Gasteiger charge is -2.32. The third-order valence-corrected chi connectivity index (χ3v) is 3.25. The molecule has 1 aromatic heterocycles. The normalized spacial score (nSPS) is 16.3. The number of aromatic nitrogens is 2. The van der Waals surface area contributed by atoms with E-state index in [9.17, 15) is 9.59 Å². The molecule has 2 N–H and O–H groups in total. The van der Waals surface area contributed by atoms with Crippen molar-refractivity contribution in [2.75, 3.05) is 13.1 Å². The number of hydrogen-bond acceptors (Lipinski definition) is 4. The van der Waals surface area contributed by atoms with Gasteiger partial charge in [-0.25, -0.2) is 5.10 Å². The Balaban J connectivity index is 2.11. The van der Waals surface area contributed by atoms with Crippen molar-refractivity contribution in [1.82, 2.24) is 15.1 Å². The van der Waals surface area contributed by atoms with Crippen LogP contribution in [0.1, 0.15) is 25.1 Å². The first-order valence-corrected chi connectivity index (χ1v) is 5.92. The van der Waals surface area contributed by atoms with Gasteiger partial charge in [-0.3, -0.25) is 14.5 Å². The van der Waals surface area contributed by atoms with E-state index in [-0.39, 0.29) is 5.56 Å². The fraction of sp³-hybridized carbons (Fsp3) is 0.583. The largest absolute Gasteiger partial charge is 0.481 e. The number of carboxylic acids is 1. The van der Waals surface area contributed by atoms with Gasteiger partial charge >= 0.3 is 5.97 Å². The van der Waals surface area contributed by atoms with Crippen LogP contribution in [0.15, 0.2) is 10.9 Å². The Morgan fingerprint density at radius 2 is 2.33 bits per heavy atom. The maximum atomic E-state index is 11.1. The number of hydrogen-bond donors (Lipinski definition) is 2. The van der Waals surface area contributed by atoms with Gasteiger partial charge in [-0.05, 0) is 25.8 Å². The van der Waals surface area contributed by atoms with Gasteiger partial charge in [0.25, 0.3) is 5.56 Å². The summed E-state index contributed by atoms with van der Waals surface area (Å²) in [6, 6.07) is 1.57. The molecule has 0 bridgehead atoms. The summed E-state index contributed by atoms with van der Waals surface area (Å²) in [5.74, 6) is -0.803. The minimum atomic E-state index is -0.803. The highest BCUT2D eigenvalue weighted by molar-refractivity contribution is 5.73. The van der Waals surface area contributed by atoms with Gasteiger partial charge in [0.1, 0.15) is 0 Å². The molecule has 0 unspecified atom stereocenters. The molecule has 0 saturated heterocycles. The molecule has 0 aliphatic carbocycles. The van der Waals surface area contributed by atoms with Crippen LogP contribution in [-0.4, -0.2) is 39.3 Å². The molecule has 0 spiro atoms. The Labute approximate surface area is 105 Å². The fourth-order valence-corrected chi connectivity index (χ4v) is 2.15. The van der Waals surface area contributed by atoms with E-state index in [1.807, 2.05) is 0 Å². The van der Waals surface area contributed by atoms with E-state index >= 15 is 0 Å². The topological polar surface area (TPSA) is 86.3 Å². The summed E-state index contributed by atoms with van der Waals surface area (Å²) in [4.78, 5) is 24.3. The molecule has 1 aliphatic rings. The number of nitrogens with one attached hydrogen (secondary N) is 1. The molecule has 6 heteroatoms. The van der Waals surface area contributed by atoms with E-state index in [1.165, 1.54) is 0 Å². The Kier molecular flexibility index (Phi) is 3.21. The van der Waals surface area contributed by atoms with Gasteiger partial charge in [0, 0.05) is 25.7 Å². The molecule has 0 radical (unpaired) electrons. The van der Waals surface area contributed by atoms with Crippen LogP contribution >= 0.6 is 0 Å². The smallest absolute Gasteiger partial charge is 0.310 e. The highest BCUT2D eigenvalue weighted by Gasteiger charge is 2.31. The number of rotatable bonds is 3. The van der Waals surface area contributed by atoms with Crippen LogP contribution in [0, 0.1) is 5.41 Å². The first-order chi connectivity index (χ1) is 8.38. The van der Waals surface area contributed by atoms with Crippen LogP contribution in [0.2, 0.25) is 0 Å². The van der Waals surface area contributed by atoms with Crippen molar-refractivity contribution in [3.8, 4) is 0 Å². The minimum absolute atomic E-state index is 0.187. The second-order valence-corrected chi connectivity index (χ2v) is 5.35. The lowest BCUT2D eigenvalue weighted by Crippen LogP contribution is -2.42. The molecule has 1 aliphatic heterocycles. The van der Waals surface area contributed by atoms with Gasteiger partial charge in [0.05, 0.1) is 11.1 Å². The van der Waals surface area contributed by atoms with Crippen LogP contribution in [0.3, 0.4) is 0 Å². The van der Waals surface area contributed by atoms with E-state index < -0.39 is 11.4 Å². The maximum Gasteiger partial charge on any atom is 0.310 e. The Bertz CT molecular complexity index is 522. The van der Waals surface area contributed by atoms with Crippen molar-refractivity contribution in [2.24, 2.45) is 5.41 Å². The molecule has 6 nitrogen and oxygen atoms in total. The first-order valence-electron chi connectivity index (χ1n) is 5.92. The summed E-state index contributed by atoms with van der Waals surface area (Å²) >= 11 is 0. The number of carbonyl (C=O) groups is 1. The summed E-state index contributed by atoms with van der Waals surface area (Å²) in [5, 5.41) is 15.5. The lowest BCUT2D eigenvalue weighted by molar-refractivity contribution is -0.148. The molecule has 0 atom stereocenters. The van der Waals surface area contributed by atoms with Gasteiger partial charge < -0.3 is 5.11 Å². The van der Waals surface area contributed by atoms with Crippen LogP contribution in [-0.2, 0) is 17.8 Å². The van der Waals surface area contributed by atoms with E-state index in [0.717, 1.165) is 24.2 Å². The number of carboxylic acid groups (broad SMARTS) is 1. The van der Waals surface area contributed by atoms with E-state index in [2.05, 4.69) is 15.1 Å². The number of nitrogens with zero attached hydrogens (tertiary/aromatic N) is 2. The molecule has 2 rings (SSSR count). The standard InChI is InChI=1S/C12H17N3O3/c1-12(2,11(17)18)7-15-4-3-8-5-10(16)14-13-9(8)6-15/h5H,3-4,6-7H2,1-2H3,(H,14,16)(H,17,18). The van der Waals surface area contributed by atoms with Crippen molar-refractivity contribution in [1.29, 1.82) is 0 Å². The summed E-state index contributed by atoms with van der Waals surface area (Å²) in [6.45, 7) is 5.25. The number of fused-ring (bicyclic) bond motifs is 1. The van der Waals surface area contributed by atoms with Gasteiger partial charge in [0.15, 0.2) is 0 Å². The lowest BCUT2D eigenvalue weighted by atomic mass is 9.92. The van der Waals surface area contributed by atoms with Gasteiger partial charge in [-0.2, -0.15) is 5.10 Å². The predicted octanol–water partition coefficient (Wildman–Crippen LogP) is 0.239. The SMILES string of the molecule is CC(C)(CN1CCc2cc(=O)[nH]nc2C1)C(=O)O. The molecular weight excluding hydrogens is 234 g/mol. The number of aromatic amines is 1. The molecule has 0 amide bonds. The number of aliphatic carboxylic acids is 1. The molecule has 0 aromatic carbocycles. The molecule has 0 fully saturated rings. The molecule has 2 heterocycles. The third kappa shape index (κ3) is 2.59. The van der Waals surface area contributed by atoms with Gasteiger partial charge in [-0.1, -0.05) is 0 Å². The maximum absolute atomic E-state index is 11.1. The number of H-pyrrole nitrogens is 1. The van der Waals surface area contributed by atoms with Crippen LogP contribution < -0.4 is 5.56 Å². The van der Waals surface area contributed by atoms with E-state index in [0.29, 0.717) is 13.1 Å². The molecule has 98 valence electrons. The predicted molar refractivity (Wildman–Crippen MR) is 65.3 cm³/mol. The molecular formula is C12H17N3O3. The highest BCUT2D eigenvalue weighted by Crippen LogP contribution is 2.21. The molecule has 18 heavy (non-hydrogen) atoms. The fourth-order valence-electron chi connectivity index (χ4n) is 2.15. The molecule has 0 saturated carbocycles. The van der Waals surface area contributed by atoms with Crippen molar-refractivity contribution in [2.45, 2.75) is 26.8 Å². The van der Waals surface area contributed by atoms with Crippen molar-refractivity contribution >= 4 is 5.97 Å². The summed E-state index contributed by atoms with van der Waals surface area (Å²) in [5.41, 5.74) is 0.831. The second-order valence-electron chi connectivity index (χ2n) is 5.35. The van der Waals surface area contributed by atoms with E-state index in [4.69, 9.17) is 5.11 Å². The first kappa shape index (κ1) is 12.8. The van der Waals surface area contributed by atoms with Gasteiger partial charge in [0.2, 0.25) is 0 Å². The van der Waals surface area contributed by atoms with Crippen LogP contribution in [0.5, 0.6) is 0 Å². The average Bonchev–Trinajstić information content (AvgIpc) is 2.28. The Morgan fingerprint density at radius 1 is 1.61 bits per heavy atom. The van der Waals surface area contributed by atoms with Gasteiger partial charge in [-0.15, -0.1) is 0 Å². The zero-order chi connectivity index (χ0) is 13.3. The zero-order valence-electron chi connectivity index (χ0n) is 10.6. The second kappa shape index (κ2) is 4.53. The third-order valence-electron chi connectivity index (χ3n) is 3.25. The van der Waals surface area contributed by atoms with Crippen LogP contribution in [0.4, 0.5) is 0 Å².